The van der Waals surface area contributed by atoms with Gasteiger partial charge in [0.15, 0.2) is 5.65 Å². The van der Waals surface area contributed by atoms with Crippen LogP contribution in [0.15, 0.2) is 42.6 Å². The molecule has 1 N–H and O–H groups in total. The second-order valence-corrected chi connectivity index (χ2v) is 5.91. The quantitative estimate of drug-likeness (QED) is 0.805. The Bertz CT molecular complexity index is 804. The fraction of sp³-hybridized carbons (Fsp3) is 0.333. The van der Waals surface area contributed by atoms with Gasteiger partial charge in [-0.2, -0.15) is 0 Å². The topological polar surface area (TPSA) is 52.0 Å². The largest absolute Gasteiger partial charge is 0.497 e. The lowest BCUT2D eigenvalue weighted by Gasteiger charge is -2.13. The SMILES string of the molecule is COc1ccc(-n2c(CC3CCCN3)nc3cccnc32)cc1. The van der Waals surface area contributed by atoms with Crippen LogP contribution in [-0.4, -0.2) is 34.2 Å². The molecule has 3 aromatic rings. The van der Waals surface area contributed by atoms with Gasteiger partial charge in [-0.1, -0.05) is 0 Å². The first-order chi connectivity index (χ1) is 11.3. The maximum Gasteiger partial charge on any atom is 0.164 e. The number of benzene rings is 1. The van der Waals surface area contributed by atoms with E-state index in [9.17, 15) is 0 Å². The lowest BCUT2D eigenvalue weighted by Crippen LogP contribution is -2.25. The number of nitrogens with one attached hydrogen (secondary N) is 1. The minimum Gasteiger partial charge on any atom is -0.497 e. The third kappa shape index (κ3) is 2.68. The van der Waals surface area contributed by atoms with Crippen LogP contribution < -0.4 is 10.1 Å². The normalized spacial score (nSPS) is 17.7. The standard InChI is InChI=1S/C18H20N4O/c1-23-15-8-6-14(7-9-15)22-17(12-13-4-2-10-19-13)21-16-5-3-11-20-18(16)22/h3,5-9,11,13,19H,2,4,10,12H2,1H3. The maximum absolute atomic E-state index is 5.26. The zero-order chi connectivity index (χ0) is 15.6. The number of fused-ring (bicyclic) bond motifs is 1. The lowest BCUT2D eigenvalue weighted by atomic mass is 10.1. The van der Waals surface area contributed by atoms with Gasteiger partial charge in [-0.15, -0.1) is 0 Å². The molecule has 3 heterocycles. The zero-order valence-electron chi connectivity index (χ0n) is 13.2. The summed E-state index contributed by atoms with van der Waals surface area (Å²) in [4.78, 5) is 9.37. The number of ether oxygens (including phenoxy) is 1. The van der Waals surface area contributed by atoms with Crippen molar-refractivity contribution in [1.82, 2.24) is 19.9 Å². The predicted octanol–water partition coefficient (Wildman–Crippen LogP) is 2.72. The first-order valence-electron chi connectivity index (χ1n) is 8.05. The van der Waals surface area contributed by atoms with Crippen molar-refractivity contribution in [1.29, 1.82) is 0 Å². The van der Waals surface area contributed by atoms with Gasteiger partial charge in [0.05, 0.1) is 7.11 Å². The highest BCUT2D eigenvalue weighted by Crippen LogP contribution is 2.23. The van der Waals surface area contributed by atoms with Gasteiger partial charge in [-0.05, 0) is 55.8 Å². The molecule has 0 radical (unpaired) electrons. The summed E-state index contributed by atoms with van der Waals surface area (Å²) < 4.78 is 7.42. The van der Waals surface area contributed by atoms with Crippen molar-refractivity contribution in [2.45, 2.75) is 25.3 Å². The van der Waals surface area contributed by atoms with Gasteiger partial charge in [0.25, 0.3) is 0 Å². The fourth-order valence-corrected chi connectivity index (χ4v) is 3.25. The molecule has 118 valence electrons. The van der Waals surface area contributed by atoms with Crippen molar-refractivity contribution in [2.24, 2.45) is 0 Å². The van der Waals surface area contributed by atoms with Crippen LogP contribution in [0.2, 0.25) is 0 Å². The number of aromatic nitrogens is 3. The van der Waals surface area contributed by atoms with E-state index >= 15 is 0 Å². The number of hydrogen-bond acceptors (Lipinski definition) is 4. The van der Waals surface area contributed by atoms with Crippen LogP contribution in [-0.2, 0) is 6.42 Å². The number of hydrogen-bond donors (Lipinski definition) is 1. The molecule has 0 aliphatic carbocycles. The van der Waals surface area contributed by atoms with Crippen molar-refractivity contribution >= 4 is 11.2 Å². The van der Waals surface area contributed by atoms with Crippen LogP contribution in [0.1, 0.15) is 18.7 Å². The van der Waals surface area contributed by atoms with Crippen molar-refractivity contribution in [3.63, 3.8) is 0 Å². The van der Waals surface area contributed by atoms with Crippen LogP contribution in [0, 0.1) is 0 Å². The number of pyridine rings is 1. The molecule has 1 unspecified atom stereocenters. The summed E-state index contributed by atoms with van der Waals surface area (Å²) in [7, 11) is 1.68. The Morgan fingerprint density at radius 3 is 2.87 bits per heavy atom. The summed E-state index contributed by atoms with van der Waals surface area (Å²) in [6.45, 7) is 1.10. The third-order valence-electron chi connectivity index (χ3n) is 4.41. The number of nitrogens with zero attached hydrogens (tertiary/aromatic N) is 3. The molecule has 1 atom stereocenters. The minimum atomic E-state index is 0.504. The van der Waals surface area contributed by atoms with E-state index in [0.717, 1.165) is 41.4 Å². The van der Waals surface area contributed by atoms with E-state index in [0.29, 0.717) is 6.04 Å². The van der Waals surface area contributed by atoms with Gasteiger partial charge in [0.1, 0.15) is 17.1 Å². The molecule has 1 aliphatic heterocycles. The van der Waals surface area contributed by atoms with Gasteiger partial charge in [0, 0.05) is 24.3 Å². The van der Waals surface area contributed by atoms with Gasteiger partial charge in [-0.25, -0.2) is 9.97 Å². The number of methoxy groups -OCH3 is 1. The van der Waals surface area contributed by atoms with Crippen molar-refractivity contribution in [2.75, 3.05) is 13.7 Å². The van der Waals surface area contributed by atoms with E-state index in [1.165, 1.54) is 12.8 Å². The average molecular weight is 308 g/mol. The smallest absolute Gasteiger partial charge is 0.164 e. The molecule has 23 heavy (non-hydrogen) atoms. The summed E-state index contributed by atoms with van der Waals surface area (Å²) in [5.74, 6) is 1.91. The third-order valence-corrected chi connectivity index (χ3v) is 4.41. The van der Waals surface area contributed by atoms with Crippen LogP contribution in [0.4, 0.5) is 0 Å². The summed E-state index contributed by atoms with van der Waals surface area (Å²) in [6.07, 6.45) is 5.19. The Morgan fingerprint density at radius 1 is 1.26 bits per heavy atom. The van der Waals surface area contributed by atoms with Crippen LogP contribution in [0.3, 0.4) is 0 Å². The van der Waals surface area contributed by atoms with E-state index in [2.05, 4.69) is 27.0 Å². The Balaban J connectivity index is 1.80. The highest BCUT2D eigenvalue weighted by atomic mass is 16.5. The van der Waals surface area contributed by atoms with Crippen LogP contribution in [0.25, 0.3) is 16.9 Å². The zero-order valence-corrected chi connectivity index (χ0v) is 13.2. The Morgan fingerprint density at radius 2 is 2.13 bits per heavy atom. The van der Waals surface area contributed by atoms with Gasteiger partial charge in [0.2, 0.25) is 0 Å². The molecule has 5 nitrogen and oxygen atoms in total. The van der Waals surface area contributed by atoms with Crippen molar-refractivity contribution in [3.05, 3.63) is 48.4 Å². The van der Waals surface area contributed by atoms with E-state index in [1.807, 2.05) is 30.5 Å². The van der Waals surface area contributed by atoms with E-state index in [1.54, 1.807) is 7.11 Å². The molecule has 0 amide bonds. The molecular weight excluding hydrogens is 288 g/mol. The fourth-order valence-electron chi connectivity index (χ4n) is 3.25. The predicted molar refractivity (Wildman–Crippen MR) is 90.1 cm³/mol. The van der Waals surface area contributed by atoms with Crippen molar-refractivity contribution in [3.8, 4) is 11.4 Å². The summed E-state index contributed by atoms with van der Waals surface area (Å²) in [5, 5.41) is 3.55. The van der Waals surface area contributed by atoms with E-state index in [4.69, 9.17) is 9.72 Å². The van der Waals surface area contributed by atoms with Crippen molar-refractivity contribution < 1.29 is 4.74 Å². The van der Waals surface area contributed by atoms with Crippen LogP contribution in [0.5, 0.6) is 5.75 Å². The number of rotatable bonds is 4. The Labute approximate surface area is 135 Å². The van der Waals surface area contributed by atoms with Gasteiger partial charge in [-0.3, -0.25) is 4.57 Å². The second kappa shape index (κ2) is 6.01. The summed E-state index contributed by atoms with van der Waals surface area (Å²) in [6, 6.07) is 12.5. The molecule has 0 saturated carbocycles. The first kappa shape index (κ1) is 14.2. The molecule has 1 aromatic carbocycles. The molecule has 1 aliphatic rings. The maximum atomic E-state index is 5.26. The van der Waals surface area contributed by atoms with E-state index in [-0.39, 0.29) is 0 Å². The average Bonchev–Trinajstić information content (AvgIpc) is 3.22. The molecule has 2 aromatic heterocycles. The molecule has 0 bridgehead atoms. The first-order valence-corrected chi connectivity index (χ1v) is 8.05. The summed E-state index contributed by atoms with van der Waals surface area (Å²) in [5.41, 5.74) is 2.92. The summed E-state index contributed by atoms with van der Waals surface area (Å²) >= 11 is 0. The highest BCUT2D eigenvalue weighted by Gasteiger charge is 2.20. The molecule has 5 heteroatoms. The van der Waals surface area contributed by atoms with Gasteiger partial charge < -0.3 is 10.1 Å². The monoisotopic (exact) mass is 308 g/mol. The molecule has 1 saturated heterocycles. The minimum absolute atomic E-state index is 0.504. The lowest BCUT2D eigenvalue weighted by molar-refractivity contribution is 0.414. The van der Waals surface area contributed by atoms with Crippen LogP contribution >= 0.6 is 0 Å². The Hall–Kier alpha value is -2.40. The molecular formula is C18H20N4O. The molecule has 4 rings (SSSR count). The second-order valence-electron chi connectivity index (χ2n) is 5.91. The molecule has 0 spiro atoms. The van der Waals surface area contributed by atoms with Gasteiger partial charge >= 0.3 is 0 Å². The number of imidazole rings is 1. The Kier molecular flexibility index (Phi) is 3.71. The van der Waals surface area contributed by atoms with E-state index < -0.39 is 0 Å². The highest BCUT2D eigenvalue weighted by molar-refractivity contribution is 5.73. The molecule has 1 fully saturated rings.